The van der Waals surface area contributed by atoms with Crippen LogP contribution in [0.2, 0.25) is 0 Å². The number of alkyl halides is 2. The second kappa shape index (κ2) is 7.66. The van der Waals surface area contributed by atoms with E-state index in [1.165, 1.54) is 0 Å². The lowest BCUT2D eigenvalue weighted by atomic mass is 10.0. The van der Waals surface area contributed by atoms with E-state index in [2.05, 4.69) is 15.5 Å². The second-order valence-electron chi connectivity index (χ2n) is 6.54. The number of nitrogens with one attached hydrogen (secondary N) is 2. The van der Waals surface area contributed by atoms with Gasteiger partial charge in [-0.05, 0) is 26.7 Å². The molecule has 2 N–H and O–H groups in total. The van der Waals surface area contributed by atoms with E-state index in [1.54, 1.807) is 0 Å². The van der Waals surface area contributed by atoms with Gasteiger partial charge in [0.05, 0.1) is 25.3 Å². The van der Waals surface area contributed by atoms with Gasteiger partial charge in [0.1, 0.15) is 0 Å². The van der Waals surface area contributed by atoms with Crippen molar-refractivity contribution >= 4 is 5.91 Å². The number of piperidine rings is 1. The number of carbonyl (C=O) groups is 1. The summed E-state index contributed by atoms with van der Waals surface area (Å²) in [6.07, 6.45) is 1.56. The predicted octanol–water partition coefficient (Wildman–Crippen LogP) is 0.989. The van der Waals surface area contributed by atoms with E-state index < -0.39 is 24.9 Å². The van der Waals surface area contributed by atoms with Crippen molar-refractivity contribution in [3.05, 3.63) is 0 Å². The molecule has 1 unspecified atom stereocenters. The van der Waals surface area contributed by atoms with Crippen LogP contribution in [-0.2, 0) is 9.53 Å². The highest BCUT2D eigenvalue weighted by molar-refractivity contribution is 5.82. The van der Waals surface area contributed by atoms with Crippen LogP contribution in [-0.4, -0.2) is 67.7 Å². The van der Waals surface area contributed by atoms with Crippen molar-refractivity contribution in [2.24, 2.45) is 0 Å². The van der Waals surface area contributed by atoms with Crippen molar-refractivity contribution in [2.75, 3.05) is 32.8 Å². The Balaban J connectivity index is 1.64. The maximum Gasteiger partial charge on any atom is 0.262 e. The number of hydrogen-bond donors (Lipinski definition) is 2. The summed E-state index contributed by atoms with van der Waals surface area (Å²) in [5.41, 5.74) is 0. The van der Waals surface area contributed by atoms with Gasteiger partial charge in [0.2, 0.25) is 5.91 Å². The number of amides is 1. The van der Waals surface area contributed by atoms with Crippen LogP contribution in [0.3, 0.4) is 0 Å². The molecule has 0 aromatic heterocycles. The summed E-state index contributed by atoms with van der Waals surface area (Å²) >= 11 is 0. The Bertz CT molecular complexity index is 372. The van der Waals surface area contributed by atoms with E-state index in [4.69, 9.17) is 4.74 Å². The van der Waals surface area contributed by atoms with Crippen LogP contribution in [0, 0.1) is 0 Å². The third-order valence-electron chi connectivity index (χ3n) is 4.22. The van der Waals surface area contributed by atoms with Crippen molar-refractivity contribution in [2.45, 2.75) is 57.2 Å². The van der Waals surface area contributed by atoms with Gasteiger partial charge in [-0.25, -0.2) is 8.78 Å². The Kier molecular flexibility index (Phi) is 6.11. The number of likely N-dealkylation sites (tertiary alicyclic amines) is 1. The second-order valence-corrected chi connectivity index (χ2v) is 6.54. The first kappa shape index (κ1) is 17.6. The van der Waals surface area contributed by atoms with Crippen LogP contribution in [0.5, 0.6) is 0 Å². The lowest BCUT2D eigenvalue weighted by Crippen LogP contribution is -2.49. The Morgan fingerprint density at radius 3 is 2.64 bits per heavy atom. The molecule has 2 fully saturated rings. The number of halogens is 2. The van der Waals surface area contributed by atoms with Crippen LogP contribution >= 0.6 is 0 Å². The Labute approximate surface area is 130 Å². The zero-order chi connectivity index (χ0) is 16.2. The van der Waals surface area contributed by atoms with E-state index in [0.29, 0.717) is 0 Å². The van der Waals surface area contributed by atoms with Gasteiger partial charge in [0.25, 0.3) is 5.92 Å². The minimum absolute atomic E-state index is 0.0887. The largest absolute Gasteiger partial charge is 0.377 e. The topological polar surface area (TPSA) is 53.6 Å². The third-order valence-corrected chi connectivity index (χ3v) is 4.22. The van der Waals surface area contributed by atoms with Gasteiger partial charge >= 0.3 is 0 Å². The fourth-order valence-electron chi connectivity index (χ4n) is 2.92. The molecule has 22 heavy (non-hydrogen) atoms. The highest BCUT2D eigenvalue weighted by Crippen LogP contribution is 2.25. The molecule has 5 nitrogen and oxygen atoms in total. The molecule has 2 aliphatic rings. The first-order valence-corrected chi connectivity index (χ1v) is 8.11. The summed E-state index contributed by atoms with van der Waals surface area (Å²) in [5, 5.41) is 5.50. The van der Waals surface area contributed by atoms with Crippen LogP contribution in [0.25, 0.3) is 0 Å². The van der Waals surface area contributed by atoms with E-state index in [1.807, 2.05) is 13.8 Å². The van der Waals surface area contributed by atoms with Crippen molar-refractivity contribution in [3.8, 4) is 0 Å². The number of hydrogen-bond acceptors (Lipinski definition) is 4. The van der Waals surface area contributed by atoms with Gasteiger partial charge in [-0.3, -0.25) is 10.1 Å². The van der Waals surface area contributed by atoms with E-state index in [0.717, 1.165) is 39.1 Å². The highest BCUT2D eigenvalue weighted by Gasteiger charge is 2.42. The Hall–Kier alpha value is -0.790. The molecule has 1 atom stereocenters. The summed E-state index contributed by atoms with van der Waals surface area (Å²) in [4.78, 5) is 14.3. The smallest absolute Gasteiger partial charge is 0.262 e. The van der Waals surface area contributed by atoms with Crippen molar-refractivity contribution in [3.63, 3.8) is 0 Å². The molecule has 0 aromatic rings. The Morgan fingerprint density at radius 1 is 1.41 bits per heavy atom. The average Bonchev–Trinajstić information content (AvgIpc) is 2.81. The molecule has 0 radical (unpaired) electrons. The Morgan fingerprint density at radius 2 is 2.09 bits per heavy atom. The summed E-state index contributed by atoms with van der Waals surface area (Å²) < 4.78 is 31.7. The lowest BCUT2D eigenvalue weighted by Gasteiger charge is -2.32. The van der Waals surface area contributed by atoms with Gasteiger partial charge in [0.15, 0.2) is 0 Å². The van der Waals surface area contributed by atoms with Crippen molar-refractivity contribution < 1.29 is 18.3 Å². The van der Waals surface area contributed by atoms with Gasteiger partial charge in [-0.2, -0.15) is 0 Å². The molecule has 0 aromatic carbocycles. The zero-order valence-electron chi connectivity index (χ0n) is 13.4. The molecule has 0 aliphatic carbocycles. The SMILES string of the molecule is CC(C)OCCN1CCC(NC(=O)C2CC(F)(F)CN2)CC1. The van der Waals surface area contributed by atoms with Crippen LogP contribution in [0.15, 0.2) is 0 Å². The normalized spacial score (nSPS) is 26.5. The molecule has 0 spiro atoms. The van der Waals surface area contributed by atoms with Crippen LogP contribution in [0.1, 0.15) is 33.1 Å². The first-order chi connectivity index (χ1) is 10.4. The minimum atomic E-state index is -2.76. The van der Waals surface area contributed by atoms with Crippen LogP contribution < -0.4 is 10.6 Å². The highest BCUT2D eigenvalue weighted by atomic mass is 19.3. The molecule has 0 bridgehead atoms. The molecular weight excluding hydrogens is 292 g/mol. The number of ether oxygens (including phenoxy) is 1. The van der Waals surface area contributed by atoms with Gasteiger partial charge in [-0.1, -0.05) is 0 Å². The maximum absolute atomic E-state index is 13.1. The third kappa shape index (κ3) is 5.44. The minimum Gasteiger partial charge on any atom is -0.377 e. The summed E-state index contributed by atoms with van der Waals surface area (Å²) in [6, 6.07) is -0.668. The van der Waals surface area contributed by atoms with E-state index in [9.17, 15) is 13.6 Å². The fourth-order valence-corrected chi connectivity index (χ4v) is 2.92. The van der Waals surface area contributed by atoms with Crippen LogP contribution in [0.4, 0.5) is 8.78 Å². The fraction of sp³-hybridized carbons (Fsp3) is 0.933. The lowest BCUT2D eigenvalue weighted by molar-refractivity contribution is -0.124. The van der Waals surface area contributed by atoms with Gasteiger partial charge < -0.3 is 15.0 Å². The molecule has 2 rings (SSSR count). The number of rotatable bonds is 6. The quantitative estimate of drug-likeness (QED) is 0.767. The molecule has 2 heterocycles. The summed E-state index contributed by atoms with van der Waals surface area (Å²) in [6.45, 7) is 7.05. The average molecular weight is 319 g/mol. The first-order valence-electron chi connectivity index (χ1n) is 8.11. The molecule has 0 saturated carbocycles. The standard InChI is InChI=1S/C15H27F2N3O2/c1-11(2)22-8-7-20-5-3-12(4-6-20)19-14(21)13-9-15(16,17)10-18-13/h11-13,18H,3-10H2,1-2H3,(H,19,21). The van der Waals surface area contributed by atoms with Crippen molar-refractivity contribution in [1.29, 1.82) is 0 Å². The molecule has 128 valence electrons. The van der Waals surface area contributed by atoms with Gasteiger partial charge in [-0.15, -0.1) is 0 Å². The molecule has 2 aliphatic heterocycles. The molecular formula is C15H27F2N3O2. The maximum atomic E-state index is 13.1. The molecule has 2 saturated heterocycles. The predicted molar refractivity (Wildman–Crippen MR) is 80.0 cm³/mol. The van der Waals surface area contributed by atoms with E-state index in [-0.39, 0.29) is 18.1 Å². The zero-order valence-corrected chi connectivity index (χ0v) is 13.4. The number of nitrogens with zero attached hydrogens (tertiary/aromatic N) is 1. The monoisotopic (exact) mass is 319 g/mol. The molecule has 7 heteroatoms. The summed E-state index contributed by atoms with van der Waals surface area (Å²) in [5.74, 6) is -3.05. The van der Waals surface area contributed by atoms with E-state index >= 15 is 0 Å². The van der Waals surface area contributed by atoms with Gasteiger partial charge in [0, 0.05) is 32.1 Å². The number of carbonyl (C=O) groups excluding carboxylic acids is 1. The van der Waals surface area contributed by atoms with Crippen molar-refractivity contribution in [1.82, 2.24) is 15.5 Å². The summed E-state index contributed by atoms with van der Waals surface area (Å²) in [7, 11) is 0. The molecule has 1 amide bonds.